The number of carbonyl (C=O) groups is 4. The minimum atomic E-state index is -1.03. The lowest BCUT2D eigenvalue weighted by molar-refractivity contribution is -0.131. The molecule has 4 amide bonds. The Bertz CT molecular complexity index is 1350. The van der Waals surface area contributed by atoms with Crippen molar-refractivity contribution in [2.75, 3.05) is 6.54 Å². The molecule has 0 radical (unpaired) electrons. The number of hydrogen-bond acceptors (Lipinski definition) is 6. The number of nitrogens with one attached hydrogen (secondary N) is 4. The SMILES string of the molecule is C=C(C[C@H](O)[C@H](CC1CCCCC1)NC(=O)C(CCCC)NC(=O)[C@H](Cc1ccccc1)NC(=O)OCc1ccccc1)C(=O)NCC(C)C. The Morgan fingerprint density at radius 1 is 0.860 bits per heavy atom. The third-order valence-electron chi connectivity index (χ3n) is 9.13. The number of hydrogen-bond donors (Lipinski definition) is 5. The number of benzene rings is 2. The Morgan fingerprint density at radius 3 is 2.10 bits per heavy atom. The van der Waals surface area contributed by atoms with Gasteiger partial charge in [0.15, 0.2) is 0 Å². The molecule has 0 bridgehead atoms. The van der Waals surface area contributed by atoms with E-state index in [1.54, 1.807) is 0 Å². The van der Waals surface area contributed by atoms with Gasteiger partial charge >= 0.3 is 6.09 Å². The van der Waals surface area contributed by atoms with Crippen LogP contribution in [0.5, 0.6) is 0 Å². The summed E-state index contributed by atoms with van der Waals surface area (Å²) < 4.78 is 5.42. The van der Waals surface area contributed by atoms with Crippen LogP contribution in [-0.2, 0) is 32.1 Å². The second-order valence-electron chi connectivity index (χ2n) is 14.0. The minimum absolute atomic E-state index is 0.0156. The van der Waals surface area contributed by atoms with Crippen LogP contribution in [0.4, 0.5) is 4.79 Å². The van der Waals surface area contributed by atoms with Gasteiger partial charge in [-0.3, -0.25) is 14.4 Å². The average Bonchev–Trinajstić information content (AvgIpc) is 3.11. The zero-order chi connectivity index (χ0) is 36.3. The quantitative estimate of drug-likeness (QED) is 0.112. The maximum atomic E-state index is 14.0. The van der Waals surface area contributed by atoms with Crippen molar-refractivity contribution in [2.24, 2.45) is 11.8 Å². The van der Waals surface area contributed by atoms with Crippen LogP contribution in [0.3, 0.4) is 0 Å². The lowest BCUT2D eigenvalue weighted by atomic mass is 9.83. The Labute approximate surface area is 298 Å². The Balaban J connectivity index is 1.74. The van der Waals surface area contributed by atoms with Crippen molar-refractivity contribution in [1.29, 1.82) is 0 Å². The molecule has 1 aliphatic carbocycles. The summed E-state index contributed by atoms with van der Waals surface area (Å²) >= 11 is 0. The first-order valence-electron chi connectivity index (χ1n) is 18.3. The predicted octanol–water partition coefficient (Wildman–Crippen LogP) is 5.73. The lowest BCUT2D eigenvalue weighted by Gasteiger charge is -2.32. The van der Waals surface area contributed by atoms with Crippen LogP contribution in [0.2, 0.25) is 0 Å². The van der Waals surface area contributed by atoms with Crippen molar-refractivity contribution in [3.8, 4) is 0 Å². The molecular formula is C40H58N4O6. The van der Waals surface area contributed by atoms with Gasteiger partial charge in [0.05, 0.1) is 12.1 Å². The highest BCUT2D eigenvalue weighted by Crippen LogP contribution is 2.29. The van der Waals surface area contributed by atoms with Crippen LogP contribution in [0.25, 0.3) is 0 Å². The lowest BCUT2D eigenvalue weighted by Crippen LogP contribution is -2.57. The van der Waals surface area contributed by atoms with E-state index in [0.717, 1.165) is 43.2 Å². The summed E-state index contributed by atoms with van der Waals surface area (Å²) in [6.07, 6.45) is 6.25. The predicted molar refractivity (Wildman–Crippen MR) is 196 cm³/mol. The van der Waals surface area contributed by atoms with E-state index in [1.165, 1.54) is 6.42 Å². The molecule has 1 aliphatic rings. The Kier molecular flexibility index (Phi) is 17.6. The fourth-order valence-corrected chi connectivity index (χ4v) is 6.20. The Hall–Kier alpha value is -4.18. The van der Waals surface area contributed by atoms with Crippen molar-refractivity contribution < 1.29 is 29.0 Å². The van der Waals surface area contributed by atoms with Gasteiger partial charge in [-0.1, -0.05) is 133 Å². The summed E-state index contributed by atoms with van der Waals surface area (Å²) in [6, 6.07) is 16.0. The van der Waals surface area contributed by atoms with E-state index in [9.17, 15) is 24.3 Å². The molecule has 0 aromatic heterocycles. The normalized spacial score (nSPS) is 15.6. The smallest absolute Gasteiger partial charge is 0.408 e. The Morgan fingerprint density at radius 2 is 1.48 bits per heavy atom. The van der Waals surface area contributed by atoms with Gasteiger partial charge in [-0.05, 0) is 35.8 Å². The monoisotopic (exact) mass is 690 g/mol. The summed E-state index contributed by atoms with van der Waals surface area (Å²) in [7, 11) is 0. The largest absolute Gasteiger partial charge is 0.445 e. The van der Waals surface area contributed by atoms with Gasteiger partial charge in [0.2, 0.25) is 17.7 Å². The third kappa shape index (κ3) is 14.7. The first-order valence-corrected chi connectivity index (χ1v) is 18.3. The van der Waals surface area contributed by atoms with Crippen molar-refractivity contribution in [3.63, 3.8) is 0 Å². The van der Waals surface area contributed by atoms with Crippen LogP contribution in [0.15, 0.2) is 72.8 Å². The highest BCUT2D eigenvalue weighted by atomic mass is 16.5. The first kappa shape index (κ1) is 40.3. The molecule has 0 heterocycles. The van der Waals surface area contributed by atoms with Gasteiger partial charge in [0, 0.05) is 25.0 Å². The number of alkyl carbamates (subject to hydrolysis) is 1. The van der Waals surface area contributed by atoms with Crippen LogP contribution in [-0.4, -0.2) is 59.7 Å². The molecular weight excluding hydrogens is 632 g/mol. The summed E-state index contributed by atoms with van der Waals surface area (Å²) in [5.41, 5.74) is 1.90. The molecule has 2 aromatic carbocycles. The van der Waals surface area contributed by atoms with Crippen molar-refractivity contribution in [1.82, 2.24) is 21.3 Å². The molecule has 3 rings (SSSR count). The van der Waals surface area contributed by atoms with E-state index >= 15 is 0 Å². The number of rotatable bonds is 20. The molecule has 274 valence electrons. The molecule has 1 unspecified atom stereocenters. The third-order valence-corrected chi connectivity index (χ3v) is 9.13. The van der Waals surface area contributed by atoms with Crippen molar-refractivity contribution in [3.05, 3.63) is 83.9 Å². The van der Waals surface area contributed by atoms with Crippen molar-refractivity contribution in [2.45, 2.75) is 122 Å². The van der Waals surface area contributed by atoms with Crippen LogP contribution in [0.1, 0.15) is 96.1 Å². The summed E-state index contributed by atoms with van der Waals surface area (Å²) in [5.74, 6) is -0.634. The molecule has 1 fully saturated rings. The average molecular weight is 691 g/mol. The highest BCUT2D eigenvalue weighted by Gasteiger charge is 2.32. The molecule has 50 heavy (non-hydrogen) atoms. The first-order chi connectivity index (χ1) is 24.0. The molecule has 5 N–H and O–H groups in total. The number of aliphatic hydroxyl groups excluding tert-OH is 1. The fraction of sp³-hybridized carbons (Fsp3) is 0.550. The summed E-state index contributed by atoms with van der Waals surface area (Å²) in [5, 5.41) is 22.9. The molecule has 2 aromatic rings. The second-order valence-corrected chi connectivity index (χ2v) is 14.0. The molecule has 4 atom stereocenters. The zero-order valence-electron chi connectivity index (χ0n) is 30.1. The highest BCUT2D eigenvalue weighted by molar-refractivity contribution is 5.93. The molecule has 0 aliphatic heterocycles. The number of carbonyl (C=O) groups excluding carboxylic acids is 4. The van der Waals surface area contributed by atoms with E-state index in [0.29, 0.717) is 31.7 Å². The maximum Gasteiger partial charge on any atom is 0.408 e. The van der Waals surface area contributed by atoms with E-state index in [4.69, 9.17) is 4.74 Å². The van der Waals surface area contributed by atoms with E-state index in [-0.39, 0.29) is 36.8 Å². The van der Waals surface area contributed by atoms with Crippen LogP contribution < -0.4 is 21.3 Å². The van der Waals surface area contributed by atoms with Crippen LogP contribution >= 0.6 is 0 Å². The number of unbranched alkanes of at least 4 members (excludes halogenated alkanes) is 1. The van der Waals surface area contributed by atoms with Gasteiger partial charge in [0.25, 0.3) is 0 Å². The van der Waals surface area contributed by atoms with Gasteiger partial charge in [-0.15, -0.1) is 0 Å². The number of amides is 4. The second kappa shape index (κ2) is 21.8. The van der Waals surface area contributed by atoms with Gasteiger partial charge in [-0.25, -0.2) is 4.79 Å². The van der Waals surface area contributed by atoms with Crippen LogP contribution in [0, 0.1) is 11.8 Å². The van der Waals surface area contributed by atoms with Gasteiger partial charge < -0.3 is 31.1 Å². The van der Waals surface area contributed by atoms with Crippen molar-refractivity contribution >= 4 is 23.8 Å². The topological polar surface area (TPSA) is 146 Å². The number of aliphatic hydroxyl groups is 1. The summed E-state index contributed by atoms with van der Waals surface area (Å²) in [4.78, 5) is 53.3. The molecule has 0 saturated heterocycles. The van der Waals surface area contributed by atoms with E-state index in [2.05, 4.69) is 27.8 Å². The van der Waals surface area contributed by atoms with Gasteiger partial charge in [-0.2, -0.15) is 0 Å². The molecule has 10 nitrogen and oxygen atoms in total. The minimum Gasteiger partial charge on any atom is -0.445 e. The van der Waals surface area contributed by atoms with E-state index < -0.39 is 42.1 Å². The molecule has 1 saturated carbocycles. The maximum absolute atomic E-state index is 14.0. The molecule has 10 heteroatoms. The standard InChI is InChI=1S/C40H58N4O6/c1-5-6-22-33(38(47)43-34(24-30-16-10-7-11-17-30)36(45)23-29(4)37(46)41-26-28(2)3)42-39(48)35(25-31-18-12-8-13-19-31)44-40(49)50-27-32-20-14-9-15-21-32/h8-9,12-15,18-21,28,30,33-36,45H,4-7,10-11,16-17,22-27H2,1-3H3,(H,41,46)(H,42,48)(H,43,47)(H,44,49)/t33?,34-,35-,36-/m0/s1. The zero-order valence-corrected chi connectivity index (χ0v) is 30.1. The van der Waals surface area contributed by atoms with Gasteiger partial charge in [0.1, 0.15) is 18.7 Å². The molecule has 0 spiro atoms. The number of ether oxygens (including phenoxy) is 1. The summed E-state index contributed by atoms with van der Waals surface area (Å²) in [6.45, 7) is 10.5. The van der Waals surface area contributed by atoms with E-state index in [1.807, 2.05) is 81.4 Å². The fourth-order valence-electron chi connectivity index (χ4n) is 6.20.